The van der Waals surface area contributed by atoms with Crippen molar-refractivity contribution in [2.24, 2.45) is 28.6 Å². The van der Waals surface area contributed by atoms with Crippen molar-refractivity contribution in [3.8, 4) is 0 Å². The molecule has 1 N–H and O–H groups in total. The highest BCUT2D eigenvalue weighted by Crippen LogP contribution is 2.70. The quantitative estimate of drug-likeness (QED) is 0.588. The van der Waals surface area contributed by atoms with Gasteiger partial charge in [0.25, 0.3) is 0 Å². The number of hydrogen-bond acceptors (Lipinski definition) is 3. The number of ketones is 2. The SMILES string of the molecule is CC1C(=O)[C@](C)(Cl)C[C@H]2[C@@H]3CCC4=CC(=O)CC[C@]4(C)[C@@]3(Cl)C(O)C[C@]12C. The van der Waals surface area contributed by atoms with Crippen LogP contribution in [-0.2, 0) is 9.59 Å². The minimum atomic E-state index is -0.872. The van der Waals surface area contributed by atoms with Gasteiger partial charge in [-0.3, -0.25) is 9.59 Å². The van der Waals surface area contributed by atoms with Crippen LogP contribution in [0.3, 0.4) is 0 Å². The maximum atomic E-state index is 12.9. The molecule has 5 heteroatoms. The average molecular weight is 413 g/mol. The van der Waals surface area contributed by atoms with Gasteiger partial charge in [0, 0.05) is 17.8 Å². The molecule has 4 rings (SSSR count). The van der Waals surface area contributed by atoms with Gasteiger partial charge in [-0.2, -0.15) is 0 Å². The van der Waals surface area contributed by atoms with Crippen LogP contribution in [0.1, 0.15) is 66.2 Å². The van der Waals surface area contributed by atoms with E-state index in [4.69, 9.17) is 23.2 Å². The fourth-order valence-corrected chi connectivity index (χ4v) is 7.98. The van der Waals surface area contributed by atoms with Gasteiger partial charge in [-0.15, -0.1) is 23.2 Å². The second kappa shape index (κ2) is 5.83. The molecule has 0 aromatic heterocycles. The summed E-state index contributed by atoms with van der Waals surface area (Å²) >= 11 is 14.1. The predicted molar refractivity (Wildman–Crippen MR) is 107 cm³/mol. The number of hydrogen-bond donors (Lipinski definition) is 1. The summed E-state index contributed by atoms with van der Waals surface area (Å²) in [7, 11) is 0. The van der Waals surface area contributed by atoms with E-state index in [1.807, 2.05) is 13.8 Å². The van der Waals surface area contributed by atoms with Crippen LogP contribution in [-0.4, -0.2) is 32.5 Å². The largest absolute Gasteiger partial charge is 0.391 e. The maximum absolute atomic E-state index is 12.9. The second-order valence-electron chi connectivity index (χ2n) is 10.2. The molecule has 8 atom stereocenters. The molecule has 0 amide bonds. The Bertz CT molecular complexity index is 744. The van der Waals surface area contributed by atoms with E-state index in [2.05, 4.69) is 13.8 Å². The number of fused-ring (bicyclic) bond motifs is 5. The highest BCUT2D eigenvalue weighted by molar-refractivity contribution is 6.35. The van der Waals surface area contributed by atoms with Crippen LogP contribution >= 0.6 is 23.2 Å². The van der Waals surface area contributed by atoms with Gasteiger partial charge in [-0.05, 0) is 62.4 Å². The molecule has 4 aliphatic rings. The maximum Gasteiger partial charge on any atom is 0.156 e. The van der Waals surface area contributed by atoms with Crippen LogP contribution in [0, 0.1) is 28.6 Å². The molecule has 150 valence electrons. The lowest BCUT2D eigenvalue weighted by atomic mass is 9.41. The van der Waals surface area contributed by atoms with Gasteiger partial charge in [0.1, 0.15) is 4.87 Å². The predicted octanol–water partition coefficient (Wildman–Crippen LogP) is 4.66. The minimum absolute atomic E-state index is 0.0805. The molecule has 3 nitrogen and oxygen atoms in total. The molecule has 0 aromatic rings. The van der Waals surface area contributed by atoms with Crippen LogP contribution in [0.4, 0.5) is 0 Å². The van der Waals surface area contributed by atoms with E-state index in [0.29, 0.717) is 25.7 Å². The Balaban J connectivity index is 1.83. The number of carbonyl (C=O) groups is 2. The summed E-state index contributed by atoms with van der Waals surface area (Å²) in [6.45, 7) is 8.08. The number of rotatable bonds is 0. The van der Waals surface area contributed by atoms with E-state index >= 15 is 0 Å². The minimum Gasteiger partial charge on any atom is -0.391 e. The van der Waals surface area contributed by atoms with Gasteiger partial charge in [-0.25, -0.2) is 0 Å². The van der Waals surface area contributed by atoms with Crippen molar-refractivity contribution in [3.05, 3.63) is 11.6 Å². The third-order valence-electron chi connectivity index (χ3n) is 8.98. The molecule has 0 aromatic carbocycles. The Hall–Kier alpha value is -0.380. The molecule has 3 fully saturated rings. The first-order chi connectivity index (χ1) is 12.4. The Morgan fingerprint density at radius 1 is 1.07 bits per heavy atom. The summed E-state index contributed by atoms with van der Waals surface area (Å²) in [6, 6.07) is 0. The van der Waals surface area contributed by atoms with Crippen LogP contribution < -0.4 is 0 Å². The van der Waals surface area contributed by atoms with E-state index in [-0.39, 0.29) is 40.2 Å². The summed E-state index contributed by atoms with van der Waals surface area (Å²) in [4.78, 5) is 23.2. The molecule has 0 bridgehead atoms. The molecular weight excluding hydrogens is 383 g/mol. The summed E-state index contributed by atoms with van der Waals surface area (Å²) in [5, 5.41) is 11.4. The Morgan fingerprint density at radius 3 is 2.41 bits per heavy atom. The van der Waals surface area contributed by atoms with E-state index in [9.17, 15) is 14.7 Å². The van der Waals surface area contributed by atoms with Gasteiger partial charge in [0.05, 0.1) is 11.0 Å². The number of aliphatic hydroxyl groups excluding tert-OH is 1. The topological polar surface area (TPSA) is 54.4 Å². The standard InChI is InChI=1S/C22H30Cl2O3/c1-12-18(27)21(4,23)10-16-15-6-5-13-9-14(25)7-8-20(13,3)22(15,24)17(26)11-19(12,16)2/h9,12,15-17,26H,5-8,10-11H2,1-4H3/t12?,15-,16-,17?,19+,20-,21+,22-/m0/s1. The highest BCUT2D eigenvalue weighted by atomic mass is 35.5. The molecule has 0 radical (unpaired) electrons. The van der Waals surface area contributed by atoms with Crippen LogP contribution in [0.5, 0.6) is 0 Å². The lowest BCUT2D eigenvalue weighted by Crippen LogP contribution is -2.70. The van der Waals surface area contributed by atoms with Crippen molar-refractivity contribution in [1.29, 1.82) is 0 Å². The number of allylic oxidation sites excluding steroid dienone is 2. The Labute approximate surface area is 171 Å². The summed E-state index contributed by atoms with van der Waals surface area (Å²) in [5.74, 6) is 0.318. The molecular formula is C22H30Cl2O3. The average Bonchev–Trinajstić information content (AvgIpc) is 2.58. The first kappa shape index (κ1) is 19.9. The van der Waals surface area contributed by atoms with E-state index in [1.165, 1.54) is 0 Å². The van der Waals surface area contributed by atoms with Crippen LogP contribution in [0.15, 0.2) is 11.6 Å². The molecule has 0 heterocycles. The van der Waals surface area contributed by atoms with Crippen molar-refractivity contribution in [2.75, 3.05) is 0 Å². The van der Waals surface area contributed by atoms with Gasteiger partial charge < -0.3 is 5.11 Å². The highest BCUT2D eigenvalue weighted by Gasteiger charge is 2.70. The smallest absolute Gasteiger partial charge is 0.156 e. The van der Waals surface area contributed by atoms with Crippen molar-refractivity contribution >= 4 is 34.8 Å². The third kappa shape index (κ3) is 2.37. The van der Waals surface area contributed by atoms with Crippen molar-refractivity contribution in [1.82, 2.24) is 0 Å². The van der Waals surface area contributed by atoms with Crippen molar-refractivity contribution in [2.45, 2.75) is 82.1 Å². The zero-order valence-electron chi connectivity index (χ0n) is 16.6. The zero-order valence-corrected chi connectivity index (χ0v) is 18.2. The van der Waals surface area contributed by atoms with Gasteiger partial charge in [0.15, 0.2) is 11.6 Å². The first-order valence-electron chi connectivity index (χ1n) is 10.2. The molecule has 4 aliphatic carbocycles. The third-order valence-corrected chi connectivity index (χ3v) is 10.3. The van der Waals surface area contributed by atoms with E-state index in [1.54, 1.807) is 6.08 Å². The van der Waals surface area contributed by atoms with Gasteiger partial charge in [-0.1, -0.05) is 26.3 Å². The van der Waals surface area contributed by atoms with Crippen molar-refractivity contribution < 1.29 is 14.7 Å². The number of halogens is 2. The summed E-state index contributed by atoms with van der Waals surface area (Å²) in [5.41, 5.74) is 0.413. The number of alkyl halides is 2. The molecule has 0 spiro atoms. The fourth-order valence-electron chi connectivity index (χ4n) is 7.10. The first-order valence-corrected chi connectivity index (χ1v) is 11.0. The number of carbonyl (C=O) groups excluding carboxylic acids is 2. The van der Waals surface area contributed by atoms with E-state index < -0.39 is 15.9 Å². The molecule has 3 saturated carbocycles. The van der Waals surface area contributed by atoms with E-state index in [0.717, 1.165) is 18.4 Å². The molecule has 0 saturated heterocycles. The fraction of sp³-hybridized carbons (Fsp3) is 0.818. The van der Waals surface area contributed by atoms with Gasteiger partial charge in [0.2, 0.25) is 0 Å². The van der Waals surface area contributed by atoms with Crippen LogP contribution in [0.25, 0.3) is 0 Å². The number of aliphatic hydroxyl groups is 1. The lowest BCUT2D eigenvalue weighted by Gasteiger charge is -2.67. The monoisotopic (exact) mass is 412 g/mol. The number of Topliss-reactive ketones (excluding diaryl/α,β-unsaturated/α-hetero) is 1. The van der Waals surface area contributed by atoms with Crippen molar-refractivity contribution in [3.63, 3.8) is 0 Å². The normalized spacial score (nSPS) is 55.3. The molecule has 2 unspecified atom stereocenters. The summed E-state index contributed by atoms with van der Waals surface area (Å²) < 4.78 is 0. The lowest BCUT2D eigenvalue weighted by molar-refractivity contribution is -0.163. The Kier molecular flexibility index (Phi) is 4.30. The molecule has 0 aliphatic heterocycles. The summed E-state index contributed by atoms with van der Waals surface area (Å²) in [6.07, 6.45) is 5.03. The molecule has 27 heavy (non-hydrogen) atoms. The van der Waals surface area contributed by atoms with Gasteiger partial charge >= 0.3 is 0 Å². The zero-order chi connectivity index (χ0) is 20.0. The van der Waals surface area contributed by atoms with Crippen LogP contribution in [0.2, 0.25) is 0 Å². The Morgan fingerprint density at radius 2 is 1.74 bits per heavy atom. The second-order valence-corrected chi connectivity index (χ2v) is 11.7.